The number of hydrogen-bond donors (Lipinski definition) is 1. The molecule has 102 valence electrons. The maximum atomic E-state index is 5.64. The number of hydrogen-bond acceptors (Lipinski definition) is 3. The summed E-state index contributed by atoms with van der Waals surface area (Å²) in [6.07, 6.45) is 1.04. The Morgan fingerprint density at radius 1 is 1.05 bits per heavy atom. The predicted octanol–water partition coefficient (Wildman–Crippen LogP) is 3.86. The van der Waals surface area contributed by atoms with Crippen molar-refractivity contribution in [3.63, 3.8) is 0 Å². The summed E-state index contributed by atoms with van der Waals surface area (Å²) in [7, 11) is 0. The molecule has 0 atom stereocenters. The molecule has 1 aromatic heterocycles. The average molecular weight is 339 g/mol. The van der Waals surface area contributed by atoms with Crippen LogP contribution in [0.5, 0.6) is 0 Å². The van der Waals surface area contributed by atoms with E-state index < -0.39 is 0 Å². The van der Waals surface area contributed by atoms with Crippen molar-refractivity contribution in [3.05, 3.63) is 56.7 Å². The normalized spacial score (nSPS) is 11.1. The summed E-state index contributed by atoms with van der Waals surface area (Å²) in [6, 6.07) is 14.9. The zero-order chi connectivity index (χ0) is 13.5. The molecule has 0 bridgehead atoms. The van der Waals surface area contributed by atoms with Gasteiger partial charge in [0.15, 0.2) is 0 Å². The van der Waals surface area contributed by atoms with Crippen LogP contribution in [-0.2, 0) is 13.1 Å². The molecule has 19 heavy (non-hydrogen) atoms. The van der Waals surface area contributed by atoms with Crippen molar-refractivity contribution in [2.45, 2.75) is 19.5 Å². The van der Waals surface area contributed by atoms with E-state index in [9.17, 15) is 0 Å². The number of nitrogens with zero attached hydrogens (tertiary/aromatic N) is 1. The molecule has 4 heteroatoms. The molecule has 0 saturated heterocycles. The van der Waals surface area contributed by atoms with Crippen LogP contribution in [0, 0.1) is 0 Å². The predicted molar refractivity (Wildman–Crippen MR) is 86.2 cm³/mol. The lowest BCUT2D eigenvalue weighted by molar-refractivity contribution is 0.257. The maximum absolute atomic E-state index is 5.64. The van der Waals surface area contributed by atoms with Crippen LogP contribution in [0.4, 0.5) is 0 Å². The lowest BCUT2D eigenvalue weighted by atomic mass is 10.2. The summed E-state index contributed by atoms with van der Waals surface area (Å²) in [4.78, 5) is 3.85. The molecule has 1 aromatic carbocycles. The van der Waals surface area contributed by atoms with E-state index in [-0.39, 0.29) is 0 Å². The third-order valence-electron chi connectivity index (χ3n) is 2.94. The first-order chi connectivity index (χ1) is 9.28. The minimum atomic E-state index is 0.749. The summed E-state index contributed by atoms with van der Waals surface area (Å²) < 4.78 is 1.20. The number of halogens is 1. The Morgan fingerprint density at radius 2 is 1.84 bits per heavy atom. The van der Waals surface area contributed by atoms with Crippen LogP contribution in [0.15, 0.2) is 46.3 Å². The van der Waals surface area contributed by atoms with E-state index in [0.29, 0.717) is 0 Å². The maximum Gasteiger partial charge on any atom is 0.0701 e. The largest absolute Gasteiger partial charge is 0.330 e. The molecule has 2 N–H and O–H groups in total. The van der Waals surface area contributed by atoms with Crippen molar-refractivity contribution in [1.82, 2.24) is 4.90 Å². The van der Waals surface area contributed by atoms with E-state index in [1.807, 2.05) is 0 Å². The fourth-order valence-corrected chi connectivity index (χ4v) is 3.55. The average Bonchev–Trinajstić information content (AvgIpc) is 2.82. The van der Waals surface area contributed by atoms with Crippen LogP contribution in [0.2, 0.25) is 0 Å². The molecule has 0 aliphatic carbocycles. The quantitative estimate of drug-likeness (QED) is 0.830. The van der Waals surface area contributed by atoms with Gasteiger partial charge in [-0.3, -0.25) is 4.90 Å². The van der Waals surface area contributed by atoms with Gasteiger partial charge in [-0.1, -0.05) is 30.3 Å². The second-order valence-corrected chi connectivity index (χ2v) is 7.09. The lowest BCUT2D eigenvalue weighted by Gasteiger charge is -2.21. The van der Waals surface area contributed by atoms with Crippen LogP contribution in [0.25, 0.3) is 0 Å². The molecule has 0 amide bonds. The smallest absolute Gasteiger partial charge is 0.0701 e. The molecule has 2 aromatic rings. The fraction of sp³-hybridized carbons (Fsp3) is 0.333. The Labute approximate surface area is 127 Å². The van der Waals surface area contributed by atoms with Crippen molar-refractivity contribution < 1.29 is 0 Å². The molecular weight excluding hydrogens is 320 g/mol. The van der Waals surface area contributed by atoms with E-state index in [0.717, 1.165) is 32.6 Å². The molecule has 0 saturated carbocycles. The number of rotatable bonds is 7. The van der Waals surface area contributed by atoms with E-state index in [2.05, 4.69) is 63.3 Å². The van der Waals surface area contributed by atoms with Gasteiger partial charge in [-0.05, 0) is 46.6 Å². The minimum absolute atomic E-state index is 0.749. The van der Waals surface area contributed by atoms with Gasteiger partial charge in [0.25, 0.3) is 0 Å². The SMILES string of the molecule is NCCCN(Cc1ccccc1)Cc1ccc(Br)s1. The Bertz CT molecular complexity index is 484. The summed E-state index contributed by atoms with van der Waals surface area (Å²) in [5.41, 5.74) is 6.99. The van der Waals surface area contributed by atoms with Crippen molar-refractivity contribution in [1.29, 1.82) is 0 Å². The zero-order valence-electron chi connectivity index (χ0n) is 10.9. The van der Waals surface area contributed by atoms with Gasteiger partial charge in [0.2, 0.25) is 0 Å². The number of nitrogens with two attached hydrogens (primary N) is 1. The molecule has 0 aliphatic heterocycles. The molecule has 1 heterocycles. The third kappa shape index (κ3) is 5.07. The molecule has 0 spiro atoms. The summed E-state index contributed by atoms with van der Waals surface area (Å²) in [5.74, 6) is 0. The second kappa shape index (κ2) is 7.80. The standard InChI is InChI=1S/C15H19BrN2S/c16-15-8-7-14(19-15)12-18(10-4-9-17)11-13-5-2-1-3-6-13/h1-3,5-8H,4,9-12,17H2. The second-order valence-electron chi connectivity index (χ2n) is 4.54. The highest BCUT2D eigenvalue weighted by molar-refractivity contribution is 9.11. The molecule has 2 nitrogen and oxygen atoms in total. The fourth-order valence-electron chi connectivity index (χ4n) is 2.03. The van der Waals surface area contributed by atoms with Crippen LogP contribution in [0.1, 0.15) is 16.9 Å². The van der Waals surface area contributed by atoms with Crippen LogP contribution in [0.3, 0.4) is 0 Å². The van der Waals surface area contributed by atoms with E-state index in [1.54, 1.807) is 11.3 Å². The number of benzene rings is 1. The molecule has 0 radical (unpaired) electrons. The van der Waals surface area contributed by atoms with Gasteiger partial charge in [-0.2, -0.15) is 0 Å². The van der Waals surface area contributed by atoms with Crippen LogP contribution < -0.4 is 5.73 Å². The monoisotopic (exact) mass is 338 g/mol. The van der Waals surface area contributed by atoms with Crippen molar-refractivity contribution in [2.75, 3.05) is 13.1 Å². The topological polar surface area (TPSA) is 29.3 Å². The first kappa shape index (κ1) is 14.7. The lowest BCUT2D eigenvalue weighted by Crippen LogP contribution is -2.25. The van der Waals surface area contributed by atoms with E-state index in [1.165, 1.54) is 14.2 Å². The Balaban J connectivity index is 1.99. The molecular formula is C15H19BrN2S. The Morgan fingerprint density at radius 3 is 2.47 bits per heavy atom. The van der Waals surface area contributed by atoms with E-state index in [4.69, 9.17) is 5.73 Å². The number of thiophene rings is 1. The highest BCUT2D eigenvalue weighted by atomic mass is 79.9. The summed E-state index contributed by atoms with van der Waals surface area (Å²) >= 11 is 5.33. The van der Waals surface area contributed by atoms with Gasteiger partial charge in [-0.25, -0.2) is 0 Å². The summed E-state index contributed by atoms with van der Waals surface area (Å²) in [5, 5.41) is 0. The molecule has 0 aliphatic rings. The van der Waals surface area contributed by atoms with Crippen LogP contribution in [-0.4, -0.2) is 18.0 Å². The molecule has 0 fully saturated rings. The molecule has 0 unspecified atom stereocenters. The van der Waals surface area contributed by atoms with Gasteiger partial charge >= 0.3 is 0 Å². The van der Waals surface area contributed by atoms with Gasteiger partial charge in [0.05, 0.1) is 3.79 Å². The first-order valence-corrected chi connectivity index (χ1v) is 8.09. The molecule has 2 rings (SSSR count). The van der Waals surface area contributed by atoms with E-state index >= 15 is 0 Å². The highest BCUT2D eigenvalue weighted by Gasteiger charge is 2.08. The van der Waals surface area contributed by atoms with Gasteiger partial charge < -0.3 is 5.73 Å². The van der Waals surface area contributed by atoms with Crippen molar-refractivity contribution in [3.8, 4) is 0 Å². The highest BCUT2D eigenvalue weighted by Crippen LogP contribution is 2.23. The van der Waals surface area contributed by atoms with Crippen molar-refractivity contribution in [2.24, 2.45) is 5.73 Å². The Kier molecular flexibility index (Phi) is 6.04. The van der Waals surface area contributed by atoms with Crippen LogP contribution >= 0.6 is 27.3 Å². The van der Waals surface area contributed by atoms with Gasteiger partial charge in [0.1, 0.15) is 0 Å². The minimum Gasteiger partial charge on any atom is -0.330 e. The van der Waals surface area contributed by atoms with Crippen molar-refractivity contribution >= 4 is 27.3 Å². The Hall–Kier alpha value is -0.680. The third-order valence-corrected chi connectivity index (χ3v) is 4.54. The first-order valence-electron chi connectivity index (χ1n) is 6.48. The van der Waals surface area contributed by atoms with Gasteiger partial charge in [-0.15, -0.1) is 11.3 Å². The zero-order valence-corrected chi connectivity index (χ0v) is 13.3. The summed E-state index contributed by atoms with van der Waals surface area (Å²) in [6.45, 7) is 3.77. The van der Waals surface area contributed by atoms with Gasteiger partial charge in [0, 0.05) is 24.5 Å².